The Kier molecular flexibility index (Phi) is 18.4. The van der Waals surface area contributed by atoms with E-state index < -0.39 is 113 Å². The zero-order valence-corrected chi connectivity index (χ0v) is 43.4. The standard InChI is InChI=1S/C56H73N5O14/c1-34-39(72-51(68)44(64)43(36-19-9-6-10-20-36)61-49(66)37-21-11-7-12-22-37)32-56(70)48(74-50(67)38-23-13-8-14-24-38)46-54(5,40(63)31-41-55(46,33-71-41)75-35(2)62)47(65)45(42(34)53(56,3)4)73-52(69)60-30-18-29-59-27-16-15-26-58-28-17-25-57/h6-14,19-24,39-41,43-46,48,58-59,63-64,70H,15-18,25-33,57H2,1-5H3,(H,60,69)(H,61,66)/t39-,40-,41+,43?,44+,45+,46?,48-,54+,55-,56+/m0/s1. The molecule has 4 aliphatic rings. The maximum Gasteiger partial charge on any atom is 0.408 e. The first-order chi connectivity index (χ1) is 35.8. The highest BCUT2D eigenvalue weighted by atomic mass is 16.6. The molecule has 2 unspecified atom stereocenters. The average Bonchev–Trinajstić information content (AvgIpc) is 3.43. The van der Waals surface area contributed by atoms with Crippen molar-refractivity contribution in [2.75, 3.05) is 45.9 Å². The van der Waals surface area contributed by atoms with Gasteiger partial charge in [-0.1, -0.05) is 80.6 Å². The van der Waals surface area contributed by atoms with E-state index in [0.717, 1.165) is 45.8 Å². The second kappa shape index (κ2) is 24.3. The van der Waals surface area contributed by atoms with E-state index in [2.05, 4.69) is 21.3 Å². The number of unbranched alkanes of at least 4 members (excludes halogenated alkanes) is 1. The summed E-state index contributed by atoms with van der Waals surface area (Å²) in [6.45, 7) is 10.8. The van der Waals surface area contributed by atoms with Crippen LogP contribution >= 0.6 is 0 Å². The Morgan fingerprint density at radius 3 is 1.97 bits per heavy atom. The first kappa shape index (κ1) is 56.7. The van der Waals surface area contributed by atoms with Crippen molar-refractivity contribution in [2.45, 2.75) is 127 Å². The number of hydrogen-bond acceptors (Lipinski definition) is 17. The van der Waals surface area contributed by atoms with E-state index >= 15 is 4.79 Å². The maximum absolute atomic E-state index is 16.0. The van der Waals surface area contributed by atoms with Gasteiger partial charge in [0.2, 0.25) is 0 Å². The van der Waals surface area contributed by atoms with E-state index in [-0.39, 0.29) is 41.8 Å². The number of benzene rings is 3. The van der Waals surface area contributed by atoms with Crippen LogP contribution in [0, 0.1) is 16.7 Å². The van der Waals surface area contributed by atoms with Crippen LogP contribution in [0.5, 0.6) is 0 Å². The molecule has 11 atom stereocenters. The number of ketones is 1. The van der Waals surface area contributed by atoms with Gasteiger partial charge in [-0.3, -0.25) is 14.4 Å². The number of amides is 2. The number of carbonyl (C=O) groups excluding carboxylic acids is 6. The van der Waals surface area contributed by atoms with Gasteiger partial charge in [0.1, 0.15) is 23.9 Å². The van der Waals surface area contributed by atoms with Crippen molar-refractivity contribution in [2.24, 2.45) is 22.5 Å². The van der Waals surface area contributed by atoms with Crippen molar-refractivity contribution in [3.8, 4) is 0 Å². The van der Waals surface area contributed by atoms with E-state index in [0.29, 0.717) is 25.1 Å². The number of aliphatic hydroxyl groups is 3. The summed E-state index contributed by atoms with van der Waals surface area (Å²) in [4.78, 5) is 86.0. The van der Waals surface area contributed by atoms with E-state index in [1.165, 1.54) is 26.0 Å². The molecule has 3 aromatic carbocycles. The summed E-state index contributed by atoms with van der Waals surface area (Å²) in [6.07, 6.45) is -8.53. The molecule has 3 aromatic rings. The molecule has 1 saturated heterocycles. The third-order valence-corrected chi connectivity index (χ3v) is 15.7. The number of aliphatic hydroxyl groups excluding tert-OH is 2. The zero-order chi connectivity index (χ0) is 54.1. The lowest BCUT2D eigenvalue weighted by Gasteiger charge is -2.67. The minimum Gasteiger partial charge on any atom is -0.456 e. The number of fused-ring (bicyclic) bond motifs is 5. The molecule has 19 heteroatoms. The summed E-state index contributed by atoms with van der Waals surface area (Å²) >= 11 is 0. The predicted molar refractivity (Wildman–Crippen MR) is 274 cm³/mol. The summed E-state index contributed by atoms with van der Waals surface area (Å²) < 4.78 is 31.0. The number of Topliss-reactive ketones (excluding diaryl/α,β-unsaturated/α-hetero) is 1. The first-order valence-corrected chi connectivity index (χ1v) is 25.9. The quantitative estimate of drug-likeness (QED) is 0.0309. The molecular weight excluding hydrogens is 967 g/mol. The molecule has 3 aliphatic carbocycles. The van der Waals surface area contributed by atoms with Crippen LogP contribution in [0.3, 0.4) is 0 Å². The van der Waals surface area contributed by atoms with Gasteiger partial charge in [0.15, 0.2) is 23.6 Å². The number of hydrogen-bond donors (Lipinski definition) is 8. The van der Waals surface area contributed by atoms with Crippen molar-refractivity contribution < 1.29 is 67.8 Å². The molecule has 0 spiro atoms. The second-order valence-electron chi connectivity index (χ2n) is 20.8. The topological polar surface area (TPSA) is 283 Å². The van der Waals surface area contributed by atoms with Crippen molar-refractivity contribution in [1.82, 2.24) is 21.3 Å². The predicted octanol–water partition coefficient (Wildman–Crippen LogP) is 3.60. The molecule has 19 nitrogen and oxygen atoms in total. The molecule has 0 aromatic heterocycles. The van der Waals surface area contributed by atoms with Crippen LogP contribution in [0.4, 0.5) is 4.79 Å². The maximum atomic E-state index is 16.0. The van der Waals surface area contributed by atoms with Gasteiger partial charge in [0, 0.05) is 37.3 Å². The van der Waals surface area contributed by atoms with Gasteiger partial charge in [-0.2, -0.15) is 0 Å². The van der Waals surface area contributed by atoms with Crippen molar-refractivity contribution in [1.29, 1.82) is 0 Å². The van der Waals surface area contributed by atoms with Gasteiger partial charge in [-0.25, -0.2) is 14.4 Å². The number of ether oxygens (including phenoxy) is 5. The fourth-order valence-electron chi connectivity index (χ4n) is 11.5. The summed E-state index contributed by atoms with van der Waals surface area (Å²) in [5.41, 5.74) is -1.73. The number of alkyl carbamates (subject to hydrolysis) is 1. The van der Waals surface area contributed by atoms with Crippen molar-refractivity contribution >= 4 is 35.7 Å². The number of nitrogens with two attached hydrogens (primary N) is 1. The Morgan fingerprint density at radius 2 is 1.39 bits per heavy atom. The third kappa shape index (κ3) is 11.7. The number of nitrogens with one attached hydrogen (secondary N) is 4. The highest BCUT2D eigenvalue weighted by Gasteiger charge is 2.78. The molecule has 1 aliphatic heterocycles. The van der Waals surface area contributed by atoms with Crippen LogP contribution in [0.2, 0.25) is 0 Å². The lowest BCUT2D eigenvalue weighted by atomic mass is 9.44. The van der Waals surface area contributed by atoms with Crippen LogP contribution < -0.4 is 27.0 Å². The first-order valence-electron chi connectivity index (χ1n) is 25.9. The van der Waals surface area contributed by atoms with Gasteiger partial charge in [-0.15, -0.1) is 0 Å². The summed E-state index contributed by atoms with van der Waals surface area (Å²) in [7, 11) is 0. The van der Waals surface area contributed by atoms with Crippen LogP contribution in [0.1, 0.15) is 105 Å². The van der Waals surface area contributed by atoms with Gasteiger partial charge < -0.3 is 66.0 Å². The SMILES string of the molecule is CC(=O)O[C@@]12CO[C@@H]1C[C@H](O)[C@@]1(C)C(=O)[C@H](OC(=O)NCCCNCCCCNCCCN)C3=C(C)[C@@H](OC(=O)[C@H](O)C(NC(=O)c4ccccc4)c4ccccc4)C[C@@](O)([C@@H](OC(=O)c4ccccc4)C12)C3(C)C. The van der Waals surface area contributed by atoms with E-state index in [4.69, 9.17) is 29.4 Å². The largest absolute Gasteiger partial charge is 0.456 e. The van der Waals surface area contributed by atoms with Crippen molar-refractivity contribution in [3.05, 3.63) is 119 Å². The second-order valence-corrected chi connectivity index (χ2v) is 20.8. The normalized spacial score (nSPS) is 28.4. The van der Waals surface area contributed by atoms with Crippen LogP contribution in [-0.4, -0.2) is 145 Å². The Labute approximate surface area is 437 Å². The molecule has 9 N–H and O–H groups in total. The Balaban J connectivity index is 1.28. The molecular formula is C56H73N5O14. The van der Waals surface area contributed by atoms with Crippen LogP contribution in [0.25, 0.3) is 0 Å². The monoisotopic (exact) mass is 1040 g/mol. The Bertz CT molecular complexity index is 2530. The molecule has 75 heavy (non-hydrogen) atoms. The molecule has 1 heterocycles. The fraction of sp³-hybridized carbons (Fsp3) is 0.536. The third-order valence-electron chi connectivity index (χ3n) is 15.7. The van der Waals surface area contributed by atoms with Gasteiger partial charge in [-0.05, 0) is 113 Å². The number of carbonyl (C=O) groups is 6. The molecule has 0 radical (unpaired) electrons. The van der Waals surface area contributed by atoms with Crippen molar-refractivity contribution in [3.63, 3.8) is 0 Å². The zero-order valence-electron chi connectivity index (χ0n) is 43.4. The van der Waals surface area contributed by atoms with Gasteiger partial charge in [0.25, 0.3) is 5.91 Å². The molecule has 2 amide bonds. The Hall–Kier alpha value is -6.06. The highest BCUT2D eigenvalue weighted by Crippen LogP contribution is 2.64. The summed E-state index contributed by atoms with van der Waals surface area (Å²) in [5.74, 6) is -6.05. The summed E-state index contributed by atoms with van der Waals surface area (Å²) in [5, 5.41) is 50.5. The van der Waals surface area contributed by atoms with Crippen LogP contribution in [0.15, 0.2) is 102 Å². The van der Waals surface area contributed by atoms with E-state index in [1.54, 1.807) is 92.7 Å². The van der Waals surface area contributed by atoms with Crippen LogP contribution in [-0.2, 0) is 38.1 Å². The number of esters is 3. The molecule has 406 valence electrons. The molecule has 3 fully saturated rings. The molecule has 2 saturated carbocycles. The average molecular weight is 1040 g/mol. The molecule has 2 bridgehead atoms. The highest BCUT2D eigenvalue weighted by molar-refractivity contribution is 5.96. The fourth-order valence-corrected chi connectivity index (χ4v) is 11.5. The van der Waals surface area contributed by atoms with Gasteiger partial charge in [0.05, 0.1) is 35.6 Å². The lowest BCUT2D eigenvalue weighted by molar-refractivity contribution is -0.345. The summed E-state index contributed by atoms with van der Waals surface area (Å²) in [6, 6.07) is 23.0. The minimum absolute atomic E-state index is 0.0268. The van der Waals surface area contributed by atoms with Gasteiger partial charge >= 0.3 is 24.0 Å². The number of rotatable bonds is 22. The van der Waals surface area contributed by atoms with E-state index in [9.17, 15) is 39.3 Å². The lowest BCUT2D eigenvalue weighted by Crippen LogP contribution is -2.82. The smallest absolute Gasteiger partial charge is 0.408 e. The Morgan fingerprint density at radius 1 is 0.800 bits per heavy atom. The van der Waals surface area contributed by atoms with E-state index in [1.807, 2.05) is 0 Å². The molecule has 7 rings (SSSR count). The minimum atomic E-state index is -2.44.